The zero-order valence-corrected chi connectivity index (χ0v) is 10.4. The summed E-state index contributed by atoms with van der Waals surface area (Å²) in [7, 11) is 0. The van der Waals surface area contributed by atoms with Crippen molar-refractivity contribution in [1.82, 2.24) is 0 Å². The molecule has 0 radical (unpaired) electrons. The average Bonchev–Trinajstić information content (AvgIpc) is 2.38. The molecule has 7 nitrogen and oxygen atoms in total. The zero-order valence-electron chi connectivity index (χ0n) is 10.4. The maximum absolute atomic E-state index is 11.2. The lowest BCUT2D eigenvalue weighted by molar-refractivity contribution is -0.384. The Bertz CT molecular complexity index is 518. The van der Waals surface area contributed by atoms with Gasteiger partial charge in [-0.3, -0.25) is 14.9 Å². The zero-order chi connectivity index (χ0) is 14.0. The van der Waals surface area contributed by atoms with E-state index in [9.17, 15) is 14.9 Å². The van der Waals surface area contributed by atoms with Crippen molar-refractivity contribution >= 4 is 23.0 Å². The first-order valence-corrected chi connectivity index (χ1v) is 6.07. The fraction of sp³-hybridized carbons (Fsp3) is 0.417. The molecule has 1 aliphatic heterocycles. The normalized spacial score (nSPS) is 19.2. The van der Waals surface area contributed by atoms with E-state index >= 15 is 0 Å². The maximum Gasteiger partial charge on any atom is 0.271 e. The number of nitrogens with two attached hydrogens (primary N) is 2. The molecule has 0 bridgehead atoms. The Morgan fingerprint density at radius 3 is 2.79 bits per heavy atom. The fourth-order valence-electron chi connectivity index (χ4n) is 2.37. The minimum atomic E-state index is -0.484. The van der Waals surface area contributed by atoms with Crippen molar-refractivity contribution in [2.75, 3.05) is 23.7 Å². The van der Waals surface area contributed by atoms with Crippen molar-refractivity contribution < 1.29 is 9.72 Å². The van der Waals surface area contributed by atoms with E-state index in [2.05, 4.69) is 0 Å². The number of benzene rings is 1. The first-order valence-electron chi connectivity index (χ1n) is 6.07. The SMILES string of the molecule is NC(=O)C1CCCN(c2ccc([N+](=O)[O-])cc2N)C1. The Hall–Kier alpha value is -2.31. The molecule has 1 aromatic carbocycles. The van der Waals surface area contributed by atoms with Crippen LogP contribution in [0.25, 0.3) is 0 Å². The molecule has 19 heavy (non-hydrogen) atoms. The quantitative estimate of drug-likeness (QED) is 0.477. The third kappa shape index (κ3) is 2.75. The third-order valence-electron chi connectivity index (χ3n) is 3.39. The monoisotopic (exact) mass is 264 g/mol. The van der Waals surface area contributed by atoms with Crippen molar-refractivity contribution in [2.45, 2.75) is 12.8 Å². The number of amides is 1. The highest BCUT2D eigenvalue weighted by Crippen LogP contribution is 2.30. The highest BCUT2D eigenvalue weighted by atomic mass is 16.6. The number of carbonyl (C=O) groups is 1. The third-order valence-corrected chi connectivity index (χ3v) is 3.39. The van der Waals surface area contributed by atoms with Gasteiger partial charge in [-0.15, -0.1) is 0 Å². The van der Waals surface area contributed by atoms with E-state index in [1.807, 2.05) is 4.90 Å². The van der Waals surface area contributed by atoms with Gasteiger partial charge in [0, 0.05) is 25.2 Å². The summed E-state index contributed by atoms with van der Waals surface area (Å²) < 4.78 is 0. The number of nitrogen functional groups attached to an aromatic ring is 1. The molecule has 1 aliphatic rings. The number of non-ortho nitro benzene ring substituents is 1. The summed E-state index contributed by atoms with van der Waals surface area (Å²) in [5, 5.41) is 10.7. The van der Waals surface area contributed by atoms with Gasteiger partial charge in [0.1, 0.15) is 0 Å². The van der Waals surface area contributed by atoms with E-state index in [1.54, 1.807) is 6.07 Å². The molecule has 0 aliphatic carbocycles. The van der Waals surface area contributed by atoms with Gasteiger partial charge >= 0.3 is 0 Å². The Morgan fingerprint density at radius 2 is 2.21 bits per heavy atom. The Kier molecular flexibility index (Phi) is 3.55. The summed E-state index contributed by atoms with van der Waals surface area (Å²) in [6, 6.07) is 4.37. The van der Waals surface area contributed by atoms with Gasteiger partial charge in [0.05, 0.1) is 22.2 Å². The largest absolute Gasteiger partial charge is 0.397 e. The lowest BCUT2D eigenvalue weighted by atomic mass is 9.97. The van der Waals surface area contributed by atoms with Gasteiger partial charge in [-0.05, 0) is 18.9 Å². The van der Waals surface area contributed by atoms with Gasteiger partial charge < -0.3 is 16.4 Å². The first kappa shape index (κ1) is 13.1. The predicted octanol–water partition coefficient (Wildman–Crippen LogP) is 0.879. The molecule has 102 valence electrons. The van der Waals surface area contributed by atoms with Crippen LogP contribution in [-0.2, 0) is 4.79 Å². The molecule has 0 saturated carbocycles. The molecule has 1 fully saturated rings. The Balaban J connectivity index is 2.22. The molecule has 1 atom stereocenters. The van der Waals surface area contributed by atoms with Crippen LogP contribution in [0.5, 0.6) is 0 Å². The highest BCUT2D eigenvalue weighted by Gasteiger charge is 2.25. The Morgan fingerprint density at radius 1 is 1.47 bits per heavy atom. The minimum Gasteiger partial charge on any atom is -0.397 e. The molecule has 1 unspecified atom stereocenters. The van der Waals surface area contributed by atoms with Crippen LogP contribution in [0.4, 0.5) is 17.1 Å². The van der Waals surface area contributed by atoms with E-state index in [1.165, 1.54) is 12.1 Å². The summed E-state index contributed by atoms with van der Waals surface area (Å²) in [5.74, 6) is -0.506. The van der Waals surface area contributed by atoms with Gasteiger partial charge in [0.25, 0.3) is 5.69 Å². The van der Waals surface area contributed by atoms with Crippen molar-refractivity contribution in [3.63, 3.8) is 0 Å². The van der Waals surface area contributed by atoms with Crippen LogP contribution in [0, 0.1) is 16.0 Å². The van der Waals surface area contributed by atoms with E-state index in [0.29, 0.717) is 12.2 Å². The number of anilines is 2. The number of primary amides is 1. The van der Waals surface area contributed by atoms with Gasteiger partial charge in [-0.25, -0.2) is 0 Å². The van der Waals surface area contributed by atoms with Gasteiger partial charge in [-0.2, -0.15) is 0 Å². The molecule has 1 aromatic rings. The van der Waals surface area contributed by atoms with Crippen LogP contribution >= 0.6 is 0 Å². The molecule has 0 spiro atoms. The van der Waals surface area contributed by atoms with Crippen LogP contribution in [0.1, 0.15) is 12.8 Å². The number of hydrogen-bond acceptors (Lipinski definition) is 5. The maximum atomic E-state index is 11.2. The minimum absolute atomic E-state index is 0.0373. The second-order valence-electron chi connectivity index (χ2n) is 4.69. The molecule has 2 rings (SSSR count). The van der Waals surface area contributed by atoms with Crippen molar-refractivity contribution in [3.05, 3.63) is 28.3 Å². The Labute approximate surface area is 110 Å². The van der Waals surface area contributed by atoms with Crippen LogP contribution in [0.2, 0.25) is 0 Å². The van der Waals surface area contributed by atoms with Crippen molar-refractivity contribution in [1.29, 1.82) is 0 Å². The number of hydrogen-bond donors (Lipinski definition) is 2. The van der Waals surface area contributed by atoms with Crippen molar-refractivity contribution in [2.24, 2.45) is 11.7 Å². The van der Waals surface area contributed by atoms with E-state index in [-0.39, 0.29) is 17.5 Å². The first-order chi connectivity index (χ1) is 8.99. The smallest absolute Gasteiger partial charge is 0.271 e. The average molecular weight is 264 g/mol. The fourth-order valence-corrected chi connectivity index (χ4v) is 2.37. The van der Waals surface area contributed by atoms with Gasteiger partial charge in [0.15, 0.2) is 0 Å². The van der Waals surface area contributed by atoms with Crippen LogP contribution in [0.3, 0.4) is 0 Å². The van der Waals surface area contributed by atoms with E-state index in [4.69, 9.17) is 11.5 Å². The molecule has 1 amide bonds. The number of rotatable bonds is 3. The second-order valence-corrected chi connectivity index (χ2v) is 4.69. The van der Waals surface area contributed by atoms with Crippen LogP contribution < -0.4 is 16.4 Å². The lowest BCUT2D eigenvalue weighted by Crippen LogP contribution is -2.41. The molecular weight excluding hydrogens is 248 g/mol. The summed E-state index contributed by atoms with van der Waals surface area (Å²) in [6.45, 7) is 1.28. The second kappa shape index (κ2) is 5.13. The summed E-state index contributed by atoms with van der Waals surface area (Å²) in [6.07, 6.45) is 1.63. The topological polar surface area (TPSA) is 115 Å². The number of nitro benzene ring substituents is 1. The lowest BCUT2D eigenvalue weighted by Gasteiger charge is -2.33. The molecule has 4 N–H and O–H groups in total. The molecule has 1 saturated heterocycles. The molecule has 7 heteroatoms. The highest BCUT2D eigenvalue weighted by molar-refractivity contribution is 5.78. The van der Waals surface area contributed by atoms with E-state index < -0.39 is 4.92 Å². The predicted molar refractivity (Wildman–Crippen MR) is 71.6 cm³/mol. The standard InChI is InChI=1S/C12H16N4O3/c13-10-6-9(16(18)19)3-4-11(10)15-5-1-2-8(7-15)12(14)17/h3-4,6,8H,1-2,5,7,13H2,(H2,14,17). The number of nitro groups is 1. The van der Waals surface area contributed by atoms with Crippen LogP contribution in [-0.4, -0.2) is 23.9 Å². The summed E-state index contributed by atoms with van der Waals surface area (Å²) in [5.41, 5.74) is 12.2. The van der Waals surface area contributed by atoms with Crippen LogP contribution in [0.15, 0.2) is 18.2 Å². The van der Waals surface area contributed by atoms with Crippen molar-refractivity contribution in [3.8, 4) is 0 Å². The van der Waals surface area contributed by atoms with E-state index in [0.717, 1.165) is 25.1 Å². The molecule has 0 aromatic heterocycles. The van der Waals surface area contributed by atoms with Gasteiger partial charge in [-0.1, -0.05) is 0 Å². The molecule has 1 heterocycles. The van der Waals surface area contributed by atoms with Gasteiger partial charge in [0.2, 0.25) is 5.91 Å². The molecular formula is C12H16N4O3. The summed E-state index contributed by atoms with van der Waals surface area (Å²) in [4.78, 5) is 23.4. The number of nitrogens with zero attached hydrogens (tertiary/aromatic N) is 2. The number of piperidine rings is 1. The summed E-state index contributed by atoms with van der Waals surface area (Å²) >= 11 is 0. The number of carbonyl (C=O) groups excluding carboxylic acids is 1.